The highest BCUT2D eigenvalue weighted by Gasteiger charge is 2.39. The lowest BCUT2D eigenvalue weighted by Gasteiger charge is -2.31. The van der Waals surface area contributed by atoms with Crippen LogP contribution in [-0.4, -0.2) is 15.2 Å². The molecule has 2 atom stereocenters. The fraction of sp³-hybridized carbons (Fsp3) is 0.0408. The first-order valence-electron chi connectivity index (χ1n) is 18.2. The van der Waals surface area contributed by atoms with E-state index in [1.54, 1.807) is 0 Å². The molecule has 0 N–H and O–H groups in total. The van der Waals surface area contributed by atoms with Crippen LogP contribution in [0, 0.1) is 11.3 Å². The molecule has 1 aliphatic carbocycles. The van der Waals surface area contributed by atoms with Crippen molar-refractivity contribution in [1.82, 2.24) is 9.13 Å². The highest BCUT2D eigenvalue weighted by Crippen LogP contribution is 2.51. The van der Waals surface area contributed by atoms with Gasteiger partial charge in [0.05, 0.1) is 39.4 Å². The maximum Gasteiger partial charge on any atom is 0.101 e. The Hall–Kier alpha value is -7.09. The van der Waals surface area contributed by atoms with Crippen molar-refractivity contribution in [1.29, 1.82) is 5.26 Å². The van der Waals surface area contributed by atoms with E-state index in [1.165, 1.54) is 38.1 Å². The molecule has 0 spiro atoms. The third kappa shape index (κ3) is 4.22. The van der Waals surface area contributed by atoms with Gasteiger partial charge in [0.1, 0.15) is 6.07 Å². The molecular weight excluding hydrogens is 645 g/mol. The maximum atomic E-state index is 10.6. The van der Waals surface area contributed by atoms with Gasteiger partial charge in [-0.25, -0.2) is 0 Å². The summed E-state index contributed by atoms with van der Waals surface area (Å²) >= 11 is 0. The predicted octanol–water partition coefficient (Wildman–Crippen LogP) is 12.1. The first-order chi connectivity index (χ1) is 26.3. The van der Waals surface area contributed by atoms with Crippen molar-refractivity contribution in [2.75, 3.05) is 4.90 Å². The molecule has 3 heterocycles. The molecule has 0 fully saturated rings. The third-order valence-corrected chi connectivity index (χ3v) is 11.3. The van der Waals surface area contributed by atoms with Crippen LogP contribution in [0.4, 0.5) is 11.4 Å². The van der Waals surface area contributed by atoms with Gasteiger partial charge in [0.2, 0.25) is 0 Å². The Morgan fingerprint density at radius 2 is 1.25 bits per heavy atom. The molecule has 2 aliphatic rings. The zero-order valence-corrected chi connectivity index (χ0v) is 28.8. The summed E-state index contributed by atoms with van der Waals surface area (Å²) in [6.45, 7) is 0. The lowest BCUT2D eigenvalue weighted by atomic mass is 9.91. The van der Waals surface area contributed by atoms with Crippen LogP contribution < -0.4 is 4.90 Å². The van der Waals surface area contributed by atoms with Crippen LogP contribution in [0.1, 0.15) is 17.0 Å². The zero-order chi connectivity index (χ0) is 35.0. The first-order valence-corrected chi connectivity index (χ1v) is 18.2. The maximum absolute atomic E-state index is 10.6. The number of anilines is 2. The number of aromatic nitrogens is 2. The molecular formula is C49H32N4. The molecule has 4 nitrogen and oxygen atoms in total. The highest BCUT2D eigenvalue weighted by molar-refractivity contribution is 6.26. The Morgan fingerprint density at radius 3 is 2.11 bits per heavy atom. The minimum absolute atomic E-state index is 0.0879. The van der Waals surface area contributed by atoms with E-state index >= 15 is 0 Å². The van der Waals surface area contributed by atoms with Gasteiger partial charge in [-0.1, -0.05) is 127 Å². The standard InChI is InChI=1S/C49H32N4/c50-31-33-15-13-23-36(48(33)53-43-25-9-4-19-37(43)38-20-5-10-26-44(38)53)32-14-12-18-35(30-32)51-45-27-11-7-22-41(45)47-46(51)29-28-40-39-21-6-8-24-42(39)52(49(40)47)34-16-2-1-3-17-34/h1-30,37,43H. The fourth-order valence-corrected chi connectivity index (χ4v) is 9.12. The number of nitrogens with zero attached hydrogens (tertiary/aromatic N) is 4. The Labute approximate surface area is 307 Å². The summed E-state index contributed by atoms with van der Waals surface area (Å²) in [6.07, 6.45) is 8.83. The Morgan fingerprint density at radius 1 is 0.528 bits per heavy atom. The summed E-state index contributed by atoms with van der Waals surface area (Å²) in [5.41, 5.74) is 13.1. The SMILES string of the molecule is N#Cc1cccc(-c2cccc(-n3c4ccccc4c4c3ccc3c5ccccc5n(-c5ccccc5)c34)c2)c1N1c2ccccc2C2C=CC=CC21. The van der Waals surface area contributed by atoms with Crippen LogP contribution in [0.3, 0.4) is 0 Å². The van der Waals surface area contributed by atoms with Gasteiger partial charge in [0.15, 0.2) is 0 Å². The summed E-state index contributed by atoms with van der Waals surface area (Å²) in [5.74, 6) is 0.225. The van der Waals surface area contributed by atoms with Crippen molar-refractivity contribution in [2.24, 2.45) is 0 Å². The van der Waals surface area contributed by atoms with E-state index in [-0.39, 0.29) is 12.0 Å². The van der Waals surface area contributed by atoms with Crippen LogP contribution in [0.15, 0.2) is 182 Å². The van der Waals surface area contributed by atoms with Gasteiger partial charge < -0.3 is 14.0 Å². The van der Waals surface area contributed by atoms with E-state index in [0.29, 0.717) is 5.56 Å². The number of fused-ring (bicyclic) bond motifs is 10. The molecule has 2 aromatic heterocycles. The van der Waals surface area contributed by atoms with Crippen molar-refractivity contribution in [3.05, 3.63) is 193 Å². The highest BCUT2D eigenvalue weighted by atomic mass is 15.2. The normalized spacial score (nSPS) is 16.1. The largest absolute Gasteiger partial charge is 0.332 e. The monoisotopic (exact) mass is 676 g/mol. The Balaban J connectivity index is 1.17. The van der Waals surface area contributed by atoms with E-state index in [2.05, 4.69) is 190 Å². The summed E-state index contributed by atoms with van der Waals surface area (Å²) < 4.78 is 4.83. The van der Waals surface area contributed by atoms with Crippen molar-refractivity contribution in [3.63, 3.8) is 0 Å². The second-order valence-corrected chi connectivity index (χ2v) is 14.0. The number of nitriles is 1. The van der Waals surface area contributed by atoms with Gasteiger partial charge in [-0.15, -0.1) is 0 Å². The molecule has 53 heavy (non-hydrogen) atoms. The van der Waals surface area contributed by atoms with E-state index in [0.717, 1.165) is 44.9 Å². The smallest absolute Gasteiger partial charge is 0.101 e. The molecule has 0 saturated heterocycles. The van der Waals surface area contributed by atoms with Crippen molar-refractivity contribution in [2.45, 2.75) is 12.0 Å². The third-order valence-electron chi connectivity index (χ3n) is 11.3. The average Bonchev–Trinajstić information content (AvgIpc) is 3.86. The zero-order valence-electron chi connectivity index (χ0n) is 28.8. The number of rotatable bonds is 4. The molecule has 0 amide bonds. The number of hydrogen-bond donors (Lipinski definition) is 0. The van der Waals surface area contributed by atoms with Gasteiger partial charge >= 0.3 is 0 Å². The quantitative estimate of drug-likeness (QED) is 0.186. The van der Waals surface area contributed by atoms with Crippen LogP contribution in [0.2, 0.25) is 0 Å². The number of allylic oxidation sites excluding steroid dienone is 2. The molecule has 4 heteroatoms. The van der Waals surface area contributed by atoms with Gasteiger partial charge in [-0.3, -0.25) is 0 Å². The second-order valence-electron chi connectivity index (χ2n) is 14.0. The molecule has 9 aromatic rings. The summed E-state index contributed by atoms with van der Waals surface area (Å²) in [4.78, 5) is 2.39. The average molecular weight is 677 g/mol. The molecule has 11 rings (SSSR count). The van der Waals surface area contributed by atoms with Crippen molar-refractivity contribution >= 4 is 55.0 Å². The number of hydrogen-bond acceptors (Lipinski definition) is 2. The molecule has 0 saturated carbocycles. The predicted molar refractivity (Wildman–Crippen MR) is 219 cm³/mol. The van der Waals surface area contributed by atoms with E-state index in [9.17, 15) is 5.26 Å². The molecule has 1 aliphatic heterocycles. The molecule has 0 bridgehead atoms. The molecule has 7 aromatic carbocycles. The van der Waals surface area contributed by atoms with Gasteiger partial charge in [-0.2, -0.15) is 5.26 Å². The topological polar surface area (TPSA) is 36.9 Å². The molecule has 2 unspecified atom stereocenters. The van der Waals surface area contributed by atoms with E-state index in [1.807, 2.05) is 12.1 Å². The van der Waals surface area contributed by atoms with Crippen LogP contribution >= 0.6 is 0 Å². The van der Waals surface area contributed by atoms with E-state index < -0.39 is 0 Å². The minimum Gasteiger partial charge on any atom is -0.332 e. The summed E-state index contributed by atoms with van der Waals surface area (Å²) in [7, 11) is 0. The Bertz CT molecular complexity index is 3040. The van der Waals surface area contributed by atoms with Crippen molar-refractivity contribution < 1.29 is 0 Å². The first kappa shape index (κ1) is 29.6. The lowest BCUT2D eigenvalue weighted by molar-refractivity contribution is 0.744. The van der Waals surface area contributed by atoms with Gasteiger partial charge in [-0.05, 0) is 65.7 Å². The van der Waals surface area contributed by atoms with Crippen LogP contribution in [0.5, 0.6) is 0 Å². The fourth-order valence-electron chi connectivity index (χ4n) is 9.12. The minimum atomic E-state index is 0.0879. The van der Waals surface area contributed by atoms with E-state index in [4.69, 9.17) is 0 Å². The molecule has 248 valence electrons. The van der Waals surface area contributed by atoms with Crippen molar-refractivity contribution in [3.8, 4) is 28.6 Å². The lowest BCUT2D eigenvalue weighted by Crippen LogP contribution is -2.29. The summed E-state index contributed by atoms with van der Waals surface area (Å²) in [6, 6.07) is 59.0. The van der Waals surface area contributed by atoms with Gasteiger partial charge in [0.25, 0.3) is 0 Å². The second kappa shape index (κ2) is 11.5. The number of para-hydroxylation sites is 5. The van der Waals surface area contributed by atoms with Crippen LogP contribution in [0.25, 0.3) is 66.1 Å². The summed E-state index contributed by atoms with van der Waals surface area (Å²) in [5, 5.41) is 15.5. The van der Waals surface area contributed by atoms with Crippen LogP contribution in [-0.2, 0) is 0 Å². The molecule has 0 radical (unpaired) electrons. The number of benzene rings is 7. The Kier molecular flexibility index (Phi) is 6.41. The van der Waals surface area contributed by atoms with Gasteiger partial charge in [0, 0.05) is 50.1 Å².